The van der Waals surface area contributed by atoms with Gasteiger partial charge >= 0.3 is 0 Å². The summed E-state index contributed by atoms with van der Waals surface area (Å²) in [7, 11) is 0. The molecule has 1 fully saturated rings. The summed E-state index contributed by atoms with van der Waals surface area (Å²) in [6, 6.07) is 10.4. The first-order valence-electron chi connectivity index (χ1n) is 6.00. The van der Waals surface area contributed by atoms with Gasteiger partial charge in [0.25, 0.3) is 0 Å². The van der Waals surface area contributed by atoms with E-state index in [0.29, 0.717) is 12.2 Å². The fraction of sp³-hybridized carbons (Fsp3) is 0.462. The largest absolute Gasteiger partial charge is 0.368 e. The van der Waals surface area contributed by atoms with Crippen LogP contribution in [-0.4, -0.2) is 42.7 Å². The minimum absolute atomic E-state index is 0.229. The fourth-order valence-corrected chi connectivity index (χ4v) is 2.30. The number of amides is 1. The van der Waals surface area contributed by atoms with Crippen LogP contribution in [0.2, 0.25) is 0 Å². The molecule has 0 N–H and O–H groups in total. The van der Waals surface area contributed by atoms with Crippen LogP contribution in [0.1, 0.15) is 6.42 Å². The zero-order valence-electron chi connectivity index (χ0n) is 9.88. The van der Waals surface area contributed by atoms with Crippen molar-refractivity contribution in [1.82, 2.24) is 4.90 Å². The number of hydrogen-bond donors (Lipinski definition) is 1. The SMILES string of the molecule is O=C(CCS)N1CCN(c2ccccc2)CC1. The number of para-hydroxylation sites is 1. The third-order valence-corrected chi connectivity index (χ3v) is 3.30. The molecule has 1 aliphatic heterocycles. The van der Waals surface area contributed by atoms with E-state index in [1.54, 1.807) is 0 Å². The first-order valence-corrected chi connectivity index (χ1v) is 6.63. The van der Waals surface area contributed by atoms with Crippen LogP contribution < -0.4 is 4.90 Å². The van der Waals surface area contributed by atoms with Gasteiger partial charge in [-0.3, -0.25) is 4.79 Å². The monoisotopic (exact) mass is 250 g/mol. The van der Waals surface area contributed by atoms with Crippen LogP contribution in [0.3, 0.4) is 0 Å². The van der Waals surface area contributed by atoms with E-state index in [9.17, 15) is 4.79 Å². The predicted octanol–water partition coefficient (Wildman–Crippen LogP) is 1.66. The number of rotatable bonds is 3. The number of piperazine rings is 1. The molecule has 1 aromatic rings. The van der Waals surface area contributed by atoms with Gasteiger partial charge in [0, 0.05) is 38.3 Å². The molecule has 4 heteroatoms. The van der Waals surface area contributed by atoms with Crippen LogP contribution in [0.25, 0.3) is 0 Å². The Morgan fingerprint density at radius 1 is 1.12 bits per heavy atom. The highest BCUT2D eigenvalue weighted by atomic mass is 32.1. The Labute approximate surface area is 108 Å². The highest BCUT2D eigenvalue weighted by Gasteiger charge is 2.20. The molecule has 0 aromatic heterocycles. The first-order chi connectivity index (χ1) is 8.31. The molecule has 0 aliphatic carbocycles. The number of hydrogen-bond acceptors (Lipinski definition) is 3. The topological polar surface area (TPSA) is 23.6 Å². The molecule has 0 saturated carbocycles. The van der Waals surface area contributed by atoms with Gasteiger partial charge in [-0.1, -0.05) is 18.2 Å². The average Bonchev–Trinajstić information content (AvgIpc) is 2.40. The molecule has 1 aromatic carbocycles. The third-order valence-electron chi connectivity index (χ3n) is 3.08. The predicted molar refractivity (Wildman–Crippen MR) is 73.7 cm³/mol. The molecule has 1 aliphatic rings. The zero-order valence-corrected chi connectivity index (χ0v) is 10.8. The lowest BCUT2D eigenvalue weighted by Crippen LogP contribution is -2.48. The van der Waals surface area contributed by atoms with Gasteiger partial charge in [0.05, 0.1) is 0 Å². The van der Waals surface area contributed by atoms with Crippen molar-refractivity contribution in [3.8, 4) is 0 Å². The Bertz CT molecular complexity index is 361. The maximum atomic E-state index is 11.7. The smallest absolute Gasteiger partial charge is 0.223 e. The third kappa shape index (κ3) is 3.16. The van der Waals surface area contributed by atoms with E-state index in [-0.39, 0.29) is 5.91 Å². The highest BCUT2D eigenvalue weighted by molar-refractivity contribution is 7.80. The number of nitrogens with zero attached hydrogens (tertiary/aromatic N) is 2. The van der Waals surface area contributed by atoms with Crippen LogP contribution in [0.15, 0.2) is 30.3 Å². The second-order valence-corrected chi connectivity index (χ2v) is 4.62. The Kier molecular flexibility index (Phi) is 4.31. The Balaban J connectivity index is 1.88. The van der Waals surface area contributed by atoms with E-state index < -0.39 is 0 Å². The number of thiol groups is 1. The van der Waals surface area contributed by atoms with E-state index in [1.165, 1.54) is 5.69 Å². The molecule has 1 heterocycles. The Hall–Kier alpha value is -1.16. The van der Waals surface area contributed by atoms with Gasteiger partial charge in [0.2, 0.25) is 5.91 Å². The lowest BCUT2D eigenvalue weighted by Gasteiger charge is -2.36. The molecule has 0 radical (unpaired) electrons. The first kappa shape index (κ1) is 12.3. The molecule has 0 unspecified atom stereocenters. The summed E-state index contributed by atoms with van der Waals surface area (Å²) < 4.78 is 0. The van der Waals surface area contributed by atoms with E-state index in [1.807, 2.05) is 23.1 Å². The molecule has 0 atom stereocenters. The summed E-state index contributed by atoms with van der Waals surface area (Å²) in [4.78, 5) is 16.0. The molecule has 1 saturated heterocycles. The minimum Gasteiger partial charge on any atom is -0.368 e. The van der Waals surface area contributed by atoms with Crippen molar-refractivity contribution < 1.29 is 4.79 Å². The van der Waals surface area contributed by atoms with Gasteiger partial charge in [0.1, 0.15) is 0 Å². The quantitative estimate of drug-likeness (QED) is 0.825. The molecule has 0 spiro atoms. The van der Waals surface area contributed by atoms with E-state index in [0.717, 1.165) is 26.2 Å². The number of anilines is 1. The minimum atomic E-state index is 0.229. The van der Waals surface area contributed by atoms with Gasteiger partial charge in [-0.25, -0.2) is 0 Å². The van der Waals surface area contributed by atoms with Crippen LogP contribution in [-0.2, 0) is 4.79 Å². The molecular weight excluding hydrogens is 232 g/mol. The normalized spacial score (nSPS) is 16.1. The van der Waals surface area contributed by atoms with Crippen LogP contribution in [0.4, 0.5) is 5.69 Å². The van der Waals surface area contributed by atoms with Crippen molar-refractivity contribution >= 4 is 24.2 Å². The van der Waals surface area contributed by atoms with E-state index >= 15 is 0 Å². The van der Waals surface area contributed by atoms with Crippen molar-refractivity contribution in [2.24, 2.45) is 0 Å². The standard InChI is InChI=1S/C13H18N2OS/c16-13(6-11-17)15-9-7-14(8-10-15)12-4-2-1-3-5-12/h1-5,17H,6-11H2. The fourth-order valence-electron chi connectivity index (χ4n) is 2.11. The molecule has 2 rings (SSSR count). The summed E-state index contributed by atoms with van der Waals surface area (Å²) in [5.41, 5.74) is 1.24. The highest BCUT2D eigenvalue weighted by Crippen LogP contribution is 2.15. The summed E-state index contributed by atoms with van der Waals surface area (Å²) in [5.74, 6) is 0.866. The van der Waals surface area contributed by atoms with Gasteiger partial charge < -0.3 is 9.80 Å². The Morgan fingerprint density at radius 2 is 1.76 bits per heavy atom. The van der Waals surface area contributed by atoms with Crippen LogP contribution >= 0.6 is 12.6 Å². The molecule has 92 valence electrons. The molecule has 1 amide bonds. The zero-order chi connectivity index (χ0) is 12.1. The summed E-state index contributed by atoms with van der Waals surface area (Å²) in [6.07, 6.45) is 0.550. The lowest BCUT2D eigenvalue weighted by molar-refractivity contribution is -0.131. The van der Waals surface area contributed by atoms with Crippen LogP contribution in [0.5, 0.6) is 0 Å². The van der Waals surface area contributed by atoms with Crippen molar-refractivity contribution in [1.29, 1.82) is 0 Å². The second kappa shape index (κ2) is 5.96. The Morgan fingerprint density at radius 3 is 2.35 bits per heavy atom. The number of benzene rings is 1. The van der Waals surface area contributed by atoms with Gasteiger partial charge in [0.15, 0.2) is 0 Å². The second-order valence-electron chi connectivity index (χ2n) is 4.18. The maximum Gasteiger partial charge on any atom is 0.223 e. The summed E-state index contributed by atoms with van der Waals surface area (Å²) in [5, 5.41) is 0. The van der Waals surface area contributed by atoms with Crippen molar-refractivity contribution in [3.05, 3.63) is 30.3 Å². The van der Waals surface area contributed by atoms with E-state index in [2.05, 4.69) is 29.7 Å². The van der Waals surface area contributed by atoms with Crippen molar-refractivity contribution in [3.63, 3.8) is 0 Å². The molecular formula is C13H18N2OS. The summed E-state index contributed by atoms with van der Waals surface area (Å²) >= 11 is 4.10. The molecule has 0 bridgehead atoms. The number of carbonyl (C=O) groups is 1. The summed E-state index contributed by atoms with van der Waals surface area (Å²) in [6.45, 7) is 3.48. The molecule has 3 nitrogen and oxygen atoms in total. The lowest BCUT2D eigenvalue weighted by atomic mass is 10.2. The number of carbonyl (C=O) groups excluding carboxylic acids is 1. The van der Waals surface area contributed by atoms with E-state index in [4.69, 9.17) is 0 Å². The van der Waals surface area contributed by atoms with Crippen LogP contribution in [0, 0.1) is 0 Å². The maximum absolute atomic E-state index is 11.7. The average molecular weight is 250 g/mol. The van der Waals surface area contributed by atoms with Gasteiger partial charge in [-0.2, -0.15) is 12.6 Å². The van der Waals surface area contributed by atoms with Crippen molar-refractivity contribution in [2.45, 2.75) is 6.42 Å². The van der Waals surface area contributed by atoms with Gasteiger partial charge in [-0.15, -0.1) is 0 Å². The molecule has 17 heavy (non-hydrogen) atoms. The van der Waals surface area contributed by atoms with Gasteiger partial charge in [-0.05, 0) is 17.9 Å². The van der Waals surface area contributed by atoms with Crippen molar-refractivity contribution in [2.75, 3.05) is 36.8 Å².